The van der Waals surface area contributed by atoms with Gasteiger partial charge in [-0.1, -0.05) is 279 Å². The second kappa shape index (κ2) is 49.8. The largest absolute Gasteiger partial charge is 0.462 e. The van der Waals surface area contributed by atoms with Crippen molar-refractivity contribution < 1.29 is 28.6 Å². The van der Waals surface area contributed by atoms with E-state index < -0.39 is 6.10 Å². The lowest BCUT2D eigenvalue weighted by Gasteiger charge is -2.18. The van der Waals surface area contributed by atoms with Crippen LogP contribution in [0.3, 0.4) is 0 Å². The van der Waals surface area contributed by atoms with Gasteiger partial charge in [-0.2, -0.15) is 0 Å². The van der Waals surface area contributed by atoms with E-state index >= 15 is 0 Å². The predicted molar refractivity (Wildman–Crippen MR) is 270 cm³/mol. The maximum atomic E-state index is 12.8. The van der Waals surface area contributed by atoms with Crippen molar-refractivity contribution in [2.24, 2.45) is 11.8 Å². The molecule has 0 unspecified atom stereocenters. The van der Waals surface area contributed by atoms with Crippen LogP contribution in [0.15, 0.2) is 0 Å². The van der Waals surface area contributed by atoms with Crippen molar-refractivity contribution in [1.29, 1.82) is 0 Å². The summed E-state index contributed by atoms with van der Waals surface area (Å²) in [5, 5.41) is 0. The highest BCUT2D eigenvalue weighted by atomic mass is 16.6. The Morgan fingerprint density at radius 2 is 0.524 bits per heavy atom. The third kappa shape index (κ3) is 51.3. The minimum absolute atomic E-state index is 0.0632. The summed E-state index contributed by atoms with van der Waals surface area (Å²) in [6, 6.07) is 0. The molecule has 0 aliphatic rings. The maximum Gasteiger partial charge on any atom is 0.306 e. The summed E-state index contributed by atoms with van der Waals surface area (Å²) in [5.74, 6) is 0.802. The summed E-state index contributed by atoms with van der Waals surface area (Å²) < 4.78 is 16.9. The molecule has 6 nitrogen and oxygen atoms in total. The van der Waals surface area contributed by atoms with Gasteiger partial charge < -0.3 is 14.2 Å². The van der Waals surface area contributed by atoms with Gasteiger partial charge in [0.1, 0.15) is 13.2 Å². The molecule has 63 heavy (non-hydrogen) atoms. The molecule has 0 aliphatic heterocycles. The quantitative estimate of drug-likeness (QED) is 0.0344. The van der Waals surface area contributed by atoms with E-state index in [9.17, 15) is 14.4 Å². The third-order valence-corrected chi connectivity index (χ3v) is 13.0. The molecule has 0 fully saturated rings. The molecule has 374 valence electrons. The van der Waals surface area contributed by atoms with Crippen molar-refractivity contribution in [1.82, 2.24) is 0 Å². The van der Waals surface area contributed by atoms with E-state index in [0.717, 1.165) is 69.6 Å². The van der Waals surface area contributed by atoms with Gasteiger partial charge in [-0.25, -0.2) is 0 Å². The SMILES string of the molecule is CCCCCCCCCCCCCCCCCCC(=O)O[C@H](COC(=O)CCCCCCCCCCCCCCCCCC(C)C)COC(=O)CCCCCCCCCCC(C)C. The Kier molecular flexibility index (Phi) is 48.6. The number of esters is 3. The van der Waals surface area contributed by atoms with E-state index in [2.05, 4.69) is 34.6 Å². The second-order valence-corrected chi connectivity index (χ2v) is 20.5. The molecule has 0 spiro atoms. The first-order valence-electron chi connectivity index (χ1n) is 28.2. The van der Waals surface area contributed by atoms with Gasteiger partial charge >= 0.3 is 17.9 Å². The lowest BCUT2D eigenvalue weighted by atomic mass is 10.0. The topological polar surface area (TPSA) is 78.9 Å². The number of carbonyl (C=O) groups excluding carboxylic acids is 3. The average Bonchev–Trinajstić information content (AvgIpc) is 3.25. The van der Waals surface area contributed by atoms with Crippen molar-refractivity contribution in [2.45, 2.75) is 323 Å². The molecule has 0 saturated carbocycles. The molecular weight excluding hydrogens is 781 g/mol. The molecule has 0 rings (SSSR count). The molecule has 0 radical (unpaired) electrons. The molecular formula is C57H110O6. The van der Waals surface area contributed by atoms with Crippen LogP contribution in [-0.4, -0.2) is 37.2 Å². The first-order chi connectivity index (χ1) is 30.7. The number of hydrogen-bond acceptors (Lipinski definition) is 6. The molecule has 0 heterocycles. The van der Waals surface area contributed by atoms with Crippen LogP contribution in [0, 0.1) is 11.8 Å². The molecule has 0 aromatic carbocycles. The Morgan fingerprint density at radius 3 is 0.778 bits per heavy atom. The fraction of sp³-hybridized carbons (Fsp3) is 0.947. The van der Waals surface area contributed by atoms with Crippen LogP contribution < -0.4 is 0 Å². The van der Waals surface area contributed by atoms with Crippen LogP contribution in [0.5, 0.6) is 0 Å². The van der Waals surface area contributed by atoms with Gasteiger partial charge in [-0.15, -0.1) is 0 Å². The van der Waals surface area contributed by atoms with Gasteiger partial charge in [-0.05, 0) is 31.1 Å². The predicted octanol–water partition coefficient (Wildman–Crippen LogP) is 18.5. The van der Waals surface area contributed by atoms with E-state index in [1.165, 1.54) is 205 Å². The number of unbranched alkanes of at least 4 members (excludes halogenated alkanes) is 36. The molecule has 0 amide bonds. The smallest absolute Gasteiger partial charge is 0.306 e. The Hall–Kier alpha value is -1.59. The summed E-state index contributed by atoms with van der Waals surface area (Å²) in [5.41, 5.74) is 0. The maximum absolute atomic E-state index is 12.8. The second-order valence-electron chi connectivity index (χ2n) is 20.5. The summed E-state index contributed by atoms with van der Waals surface area (Å²) in [7, 11) is 0. The monoisotopic (exact) mass is 891 g/mol. The normalized spacial score (nSPS) is 12.0. The van der Waals surface area contributed by atoms with Crippen molar-refractivity contribution in [2.75, 3.05) is 13.2 Å². The lowest BCUT2D eigenvalue weighted by Crippen LogP contribution is -2.30. The first-order valence-corrected chi connectivity index (χ1v) is 28.2. The summed E-state index contributed by atoms with van der Waals surface area (Å²) in [6.07, 6.45) is 52.4. The molecule has 6 heteroatoms. The standard InChI is InChI=1S/C57H110O6/c1-6-7-8-9-10-11-12-13-14-17-21-24-27-34-39-44-49-57(60)63-54(51-62-56(59)48-43-38-33-29-28-31-36-41-46-53(4)5)50-61-55(58)47-42-37-32-26-23-20-18-15-16-19-22-25-30-35-40-45-52(2)3/h52-54H,6-51H2,1-5H3/t54-/m1/s1. The molecule has 0 aliphatic carbocycles. The minimum Gasteiger partial charge on any atom is -0.462 e. The Bertz CT molecular complexity index is 962. The Balaban J connectivity index is 4.27. The lowest BCUT2D eigenvalue weighted by molar-refractivity contribution is -0.167. The van der Waals surface area contributed by atoms with Crippen molar-refractivity contribution >= 4 is 17.9 Å². The van der Waals surface area contributed by atoms with Gasteiger partial charge in [0.2, 0.25) is 0 Å². The third-order valence-electron chi connectivity index (χ3n) is 13.0. The number of hydrogen-bond donors (Lipinski definition) is 0. The molecule has 0 aromatic rings. The Labute approximate surface area is 393 Å². The molecule has 0 aromatic heterocycles. The van der Waals surface area contributed by atoms with E-state index in [0.29, 0.717) is 19.3 Å². The van der Waals surface area contributed by atoms with Gasteiger partial charge in [0.15, 0.2) is 6.10 Å². The first kappa shape index (κ1) is 61.4. The van der Waals surface area contributed by atoms with Gasteiger partial charge in [0.25, 0.3) is 0 Å². The minimum atomic E-state index is -0.762. The van der Waals surface area contributed by atoms with Gasteiger partial charge in [0, 0.05) is 19.3 Å². The van der Waals surface area contributed by atoms with Crippen LogP contribution in [0.25, 0.3) is 0 Å². The van der Waals surface area contributed by atoms with E-state index in [1.807, 2.05) is 0 Å². The van der Waals surface area contributed by atoms with Crippen LogP contribution in [0.2, 0.25) is 0 Å². The summed E-state index contributed by atoms with van der Waals surface area (Å²) >= 11 is 0. The van der Waals surface area contributed by atoms with Crippen LogP contribution in [-0.2, 0) is 28.6 Å². The highest BCUT2D eigenvalue weighted by Crippen LogP contribution is 2.18. The van der Waals surface area contributed by atoms with E-state index in [4.69, 9.17) is 14.2 Å². The molecule has 0 bridgehead atoms. The van der Waals surface area contributed by atoms with Crippen LogP contribution in [0.4, 0.5) is 0 Å². The van der Waals surface area contributed by atoms with E-state index in [-0.39, 0.29) is 31.1 Å². The van der Waals surface area contributed by atoms with Crippen molar-refractivity contribution in [3.63, 3.8) is 0 Å². The number of ether oxygens (including phenoxy) is 3. The average molecular weight is 892 g/mol. The van der Waals surface area contributed by atoms with Gasteiger partial charge in [-0.3, -0.25) is 14.4 Å². The fourth-order valence-electron chi connectivity index (χ4n) is 8.70. The fourth-order valence-corrected chi connectivity index (χ4v) is 8.70. The zero-order valence-electron chi connectivity index (χ0n) is 43.2. The van der Waals surface area contributed by atoms with E-state index in [1.54, 1.807) is 0 Å². The molecule has 0 N–H and O–H groups in total. The highest BCUT2D eigenvalue weighted by Gasteiger charge is 2.19. The van der Waals surface area contributed by atoms with Gasteiger partial charge in [0.05, 0.1) is 0 Å². The summed E-state index contributed by atoms with van der Waals surface area (Å²) in [4.78, 5) is 38.1. The number of rotatable bonds is 51. The highest BCUT2D eigenvalue weighted by molar-refractivity contribution is 5.71. The zero-order valence-corrected chi connectivity index (χ0v) is 43.2. The molecule has 1 atom stereocenters. The molecule has 0 saturated heterocycles. The van der Waals surface area contributed by atoms with Crippen LogP contribution >= 0.6 is 0 Å². The summed E-state index contributed by atoms with van der Waals surface area (Å²) in [6.45, 7) is 11.4. The zero-order chi connectivity index (χ0) is 46.1. The Morgan fingerprint density at radius 1 is 0.302 bits per heavy atom. The van der Waals surface area contributed by atoms with Crippen LogP contribution in [0.1, 0.15) is 317 Å². The van der Waals surface area contributed by atoms with Crippen molar-refractivity contribution in [3.05, 3.63) is 0 Å². The van der Waals surface area contributed by atoms with Crippen molar-refractivity contribution in [3.8, 4) is 0 Å². The number of carbonyl (C=O) groups is 3.